The van der Waals surface area contributed by atoms with Crippen molar-refractivity contribution >= 4 is 46.2 Å². The molecule has 0 bridgehead atoms. The number of nitrogens with one attached hydrogen (secondary N) is 2. The van der Waals surface area contributed by atoms with E-state index < -0.39 is 5.60 Å². The predicted octanol–water partition coefficient (Wildman–Crippen LogP) is 4.22. The number of hydrazone groups is 1. The molecule has 4 rings (SSSR count). The van der Waals surface area contributed by atoms with Gasteiger partial charge in [-0.15, -0.1) is 0 Å². The number of piperidine rings is 1. The second-order valence-electron chi connectivity index (χ2n) is 8.57. The minimum absolute atomic E-state index is 0.0656. The number of rotatable bonds is 3. The van der Waals surface area contributed by atoms with Crippen molar-refractivity contribution in [3.8, 4) is 17.2 Å². The highest BCUT2D eigenvalue weighted by Crippen LogP contribution is 2.40. The van der Waals surface area contributed by atoms with Gasteiger partial charge < -0.3 is 24.8 Å². The molecule has 8 nitrogen and oxygen atoms in total. The lowest BCUT2D eigenvalue weighted by molar-refractivity contribution is -0.132. The molecule has 1 fully saturated rings. The van der Waals surface area contributed by atoms with Gasteiger partial charge >= 0.3 is 0 Å². The van der Waals surface area contributed by atoms with Crippen molar-refractivity contribution in [3.05, 3.63) is 46.5 Å². The maximum atomic E-state index is 11.8. The zero-order valence-corrected chi connectivity index (χ0v) is 20.8. The lowest BCUT2D eigenvalue weighted by Gasteiger charge is -2.44. The van der Waals surface area contributed by atoms with Crippen LogP contribution in [-0.2, 0) is 4.79 Å². The van der Waals surface area contributed by atoms with Gasteiger partial charge in [-0.1, -0.05) is 11.6 Å². The van der Waals surface area contributed by atoms with Crippen molar-refractivity contribution in [2.75, 3.05) is 25.5 Å². The van der Waals surface area contributed by atoms with Gasteiger partial charge in [-0.2, -0.15) is 5.10 Å². The molecule has 0 radical (unpaired) electrons. The Bertz CT molecular complexity index is 1160. The first-order chi connectivity index (χ1) is 16.2. The van der Waals surface area contributed by atoms with Crippen molar-refractivity contribution in [1.29, 1.82) is 0 Å². The number of hydrogen-bond donors (Lipinski definition) is 3. The van der Waals surface area contributed by atoms with E-state index in [4.69, 9.17) is 33.3 Å². The molecule has 10 heteroatoms. The summed E-state index contributed by atoms with van der Waals surface area (Å²) in [5.41, 5.74) is 5.41. The second-order valence-corrected chi connectivity index (χ2v) is 9.39. The first-order valence-electron chi connectivity index (χ1n) is 11.0. The average Bonchev–Trinajstić information content (AvgIpc) is 2.80. The number of carbonyl (C=O) groups excluding carboxylic acids is 1. The van der Waals surface area contributed by atoms with Gasteiger partial charge in [0.05, 0.1) is 18.5 Å². The minimum atomic E-state index is -0.470. The number of ether oxygens (including phenoxy) is 2. The van der Waals surface area contributed by atoms with Gasteiger partial charge in [0.15, 0.2) is 5.11 Å². The molecule has 1 saturated heterocycles. The highest BCUT2D eigenvalue weighted by Gasteiger charge is 2.42. The standard InChI is InChI=1S/C24H27ClN4O4S/c1-14-10-19(22(32-3)12-18(14)25)26-23(34)28-27-20-13-24(6-8-29(9-7-24)15(2)30)33-21-5-4-16(31)11-17(20)21/h4-5,10-12,31H,6-9,13H2,1-3H3,(H2,26,28,34). The van der Waals surface area contributed by atoms with E-state index in [1.54, 1.807) is 38.3 Å². The summed E-state index contributed by atoms with van der Waals surface area (Å²) in [5.74, 6) is 1.40. The third kappa shape index (κ3) is 5.05. The number of aryl methyl sites for hydroxylation is 1. The minimum Gasteiger partial charge on any atom is -0.508 e. The number of methoxy groups -OCH3 is 1. The molecule has 34 heavy (non-hydrogen) atoms. The first-order valence-corrected chi connectivity index (χ1v) is 11.7. The maximum Gasteiger partial charge on any atom is 0.219 e. The molecule has 2 aliphatic heterocycles. The van der Waals surface area contributed by atoms with Crippen LogP contribution in [0.2, 0.25) is 5.02 Å². The number of hydrogen-bond acceptors (Lipinski definition) is 6. The van der Waals surface area contributed by atoms with E-state index in [-0.39, 0.29) is 16.8 Å². The molecular weight excluding hydrogens is 476 g/mol. The lowest BCUT2D eigenvalue weighted by atomic mass is 9.82. The number of thiocarbonyl (C=S) groups is 1. The van der Waals surface area contributed by atoms with E-state index in [0.29, 0.717) is 60.1 Å². The van der Waals surface area contributed by atoms with Gasteiger partial charge in [-0.25, -0.2) is 0 Å². The number of fused-ring (bicyclic) bond motifs is 1. The summed E-state index contributed by atoms with van der Waals surface area (Å²) in [6.45, 7) is 4.73. The van der Waals surface area contributed by atoms with E-state index in [9.17, 15) is 9.90 Å². The maximum absolute atomic E-state index is 11.8. The molecule has 1 amide bonds. The number of phenols is 1. The van der Waals surface area contributed by atoms with Crippen molar-refractivity contribution in [2.45, 2.75) is 38.7 Å². The molecule has 0 unspecified atom stereocenters. The van der Waals surface area contributed by atoms with Crippen molar-refractivity contribution in [2.24, 2.45) is 5.10 Å². The Morgan fingerprint density at radius 3 is 2.71 bits per heavy atom. The molecule has 0 atom stereocenters. The highest BCUT2D eigenvalue weighted by molar-refractivity contribution is 7.80. The molecule has 2 aromatic carbocycles. The van der Waals surface area contributed by atoms with Gasteiger partial charge in [0.2, 0.25) is 5.91 Å². The monoisotopic (exact) mass is 502 g/mol. The average molecular weight is 503 g/mol. The summed E-state index contributed by atoms with van der Waals surface area (Å²) in [4.78, 5) is 13.6. The van der Waals surface area contributed by atoms with Crippen LogP contribution in [0.4, 0.5) is 5.69 Å². The van der Waals surface area contributed by atoms with Gasteiger partial charge in [0.1, 0.15) is 22.8 Å². The molecule has 0 aliphatic carbocycles. The van der Waals surface area contributed by atoms with Crippen LogP contribution < -0.4 is 20.2 Å². The topological polar surface area (TPSA) is 95.4 Å². The first kappa shape index (κ1) is 24.1. The van der Waals surface area contributed by atoms with E-state index in [1.807, 2.05) is 17.9 Å². The molecule has 2 heterocycles. The van der Waals surface area contributed by atoms with Crippen LogP contribution in [-0.4, -0.2) is 52.5 Å². The Hall–Kier alpha value is -3.04. The molecule has 0 saturated carbocycles. The van der Waals surface area contributed by atoms with E-state index >= 15 is 0 Å². The van der Waals surface area contributed by atoms with E-state index in [2.05, 4.69) is 15.8 Å². The fourth-order valence-corrected chi connectivity index (χ4v) is 4.62. The summed E-state index contributed by atoms with van der Waals surface area (Å²) in [6, 6.07) is 8.55. The zero-order chi connectivity index (χ0) is 24.5. The van der Waals surface area contributed by atoms with Crippen LogP contribution in [0.3, 0.4) is 0 Å². The number of phenolic OH excluding ortho intramolecular Hbond substituents is 1. The van der Waals surface area contributed by atoms with Crippen molar-refractivity contribution in [3.63, 3.8) is 0 Å². The Labute approximate surface area is 208 Å². The predicted molar refractivity (Wildman–Crippen MR) is 136 cm³/mol. The summed E-state index contributed by atoms with van der Waals surface area (Å²) in [5, 5.41) is 18.6. The van der Waals surface area contributed by atoms with Crippen LogP contribution in [0.1, 0.15) is 37.3 Å². The number of nitrogens with zero attached hydrogens (tertiary/aromatic N) is 2. The van der Waals surface area contributed by atoms with Crippen LogP contribution in [0.5, 0.6) is 17.2 Å². The Kier molecular flexibility index (Phi) is 6.86. The summed E-state index contributed by atoms with van der Waals surface area (Å²) < 4.78 is 11.8. The fourth-order valence-electron chi connectivity index (χ4n) is 4.31. The summed E-state index contributed by atoms with van der Waals surface area (Å²) >= 11 is 11.7. The second kappa shape index (κ2) is 9.68. The van der Waals surface area contributed by atoms with E-state index in [0.717, 1.165) is 11.3 Å². The number of benzene rings is 2. The quantitative estimate of drug-likeness (QED) is 0.427. The molecular formula is C24H27ClN4O4S. The summed E-state index contributed by atoms with van der Waals surface area (Å²) in [6.07, 6.45) is 1.90. The van der Waals surface area contributed by atoms with Gasteiger partial charge in [-0.3, -0.25) is 10.2 Å². The van der Waals surface area contributed by atoms with Crippen LogP contribution in [0, 0.1) is 6.92 Å². The number of halogens is 1. The third-order valence-electron chi connectivity index (χ3n) is 6.23. The number of aromatic hydroxyl groups is 1. The van der Waals surface area contributed by atoms with Crippen LogP contribution in [0.25, 0.3) is 0 Å². The largest absolute Gasteiger partial charge is 0.508 e. The normalized spacial score (nSPS) is 17.6. The van der Waals surface area contributed by atoms with Gasteiger partial charge in [0.25, 0.3) is 0 Å². The Balaban J connectivity index is 1.56. The van der Waals surface area contributed by atoms with Gasteiger partial charge in [0, 0.05) is 55.9 Å². The number of amides is 1. The third-order valence-corrected chi connectivity index (χ3v) is 6.83. The lowest BCUT2D eigenvalue weighted by Crippen LogP contribution is -2.52. The van der Waals surface area contributed by atoms with Crippen molar-refractivity contribution in [1.82, 2.24) is 10.3 Å². The van der Waals surface area contributed by atoms with E-state index in [1.165, 1.54) is 0 Å². The molecule has 180 valence electrons. The summed E-state index contributed by atoms with van der Waals surface area (Å²) in [7, 11) is 1.56. The molecule has 0 aromatic heterocycles. The number of anilines is 1. The SMILES string of the molecule is COc1cc(Cl)c(C)cc1NC(=S)NN=C1CC2(CCN(C(C)=O)CC2)Oc2ccc(O)cc21. The van der Waals surface area contributed by atoms with Crippen LogP contribution in [0.15, 0.2) is 35.4 Å². The Morgan fingerprint density at radius 1 is 1.29 bits per heavy atom. The van der Waals surface area contributed by atoms with Gasteiger partial charge in [-0.05, 0) is 49.0 Å². The Morgan fingerprint density at radius 2 is 2.03 bits per heavy atom. The molecule has 2 aromatic rings. The number of likely N-dealkylation sites (tertiary alicyclic amines) is 1. The van der Waals surface area contributed by atoms with Crippen molar-refractivity contribution < 1.29 is 19.4 Å². The molecule has 2 aliphatic rings. The smallest absolute Gasteiger partial charge is 0.219 e. The fraction of sp³-hybridized carbons (Fsp3) is 0.375. The molecule has 1 spiro atoms. The zero-order valence-electron chi connectivity index (χ0n) is 19.3. The van der Waals surface area contributed by atoms with Crippen LogP contribution >= 0.6 is 23.8 Å². The molecule has 3 N–H and O–H groups in total. The number of carbonyl (C=O) groups is 1. The highest BCUT2D eigenvalue weighted by atomic mass is 35.5.